The molecule has 0 aliphatic rings. The van der Waals surface area contributed by atoms with Crippen molar-refractivity contribution >= 4 is 19.8 Å². The number of carbonyl (C=O) groups excluding carboxylic acids is 2. The van der Waals surface area contributed by atoms with Crippen LogP contribution in [-0.4, -0.2) is 74.9 Å². The van der Waals surface area contributed by atoms with Crippen molar-refractivity contribution in [1.29, 1.82) is 0 Å². The number of unbranched alkanes of at least 4 members (excludes halogenated alkanes) is 11. The molecule has 0 bridgehead atoms. The maximum atomic E-state index is 12.8. The molecule has 380 valence electrons. The highest BCUT2D eigenvalue weighted by Gasteiger charge is 2.27. The number of rotatable bonds is 45. The van der Waals surface area contributed by atoms with E-state index in [1.807, 2.05) is 21.1 Å². The van der Waals surface area contributed by atoms with Crippen molar-refractivity contribution in [3.05, 3.63) is 122 Å². The summed E-state index contributed by atoms with van der Waals surface area (Å²) in [5.74, 6) is -0.856. The molecule has 0 heterocycles. The van der Waals surface area contributed by atoms with Gasteiger partial charge in [0.1, 0.15) is 19.8 Å². The van der Waals surface area contributed by atoms with Gasteiger partial charge in [-0.25, -0.2) is 4.57 Å². The molecule has 10 heteroatoms. The molecule has 67 heavy (non-hydrogen) atoms. The Labute approximate surface area is 409 Å². The molecule has 0 aromatic rings. The molecule has 0 fully saturated rings. The zero-order valence-electron chi connectivity index (χ0n) is 42.8. The number of carbonyl (C=O) groups is 2. The molecule has 2 atom stereocenters. The lowest BCUT2D eigenvalue weighted by atomic mass is 10.1. The Morgan fingerprint density at radius 2 is 0.851 bits per heavy atom. The van der Waals surface area contributed by atoms with Crippen molar-refractivity contribution < 1.29 is 42.1 Å². The number of nitrogens with zero attached hydrogens (tertiary/aromatic N) is 1. The number of likely N-dealkylation sites (N-methyl/N-ethyl adjacent to an activating group) is 1. The Hall–Kier alpha value is -3.59. The summed E-state index contributed by atoms with van der Waals surface area (Å²) in [7, 11) is 1.43. The van der Waals surface area contributed by atoms with Gasteiger partial charge in [-0.1, -0.05) is 180 Å². The van der Waals surface area contributed by atoms with Crippen LogP contribution in [0.3, 0.4) is 0 Å². The molecule has 1 N–H and O–H groups in total. The zero-order chi connectivity index (χ0) is 49.2. The predicted octanol–water partition coefficient (Wildman–Crippen LogP) is 15.6. The van der Waals surface area contributed by atoms with Crippen LogP contribution in [0.2, 0.25) is 0 Å². The van der Waals surface area contributed by atoms with Gasteiger partial charge in [-0.2, -0.15) is 0 Å². The van der Waals surface area contributed by atoms with Crippen LogP contribution in [0.5, 0.6) is 0 Å². The standard InChI is InChI=1S/C57H94NO8P/c1-6-8-10-12-14-16-18-20-22-23-24-25-26-27-28-29-30-31-32-33-34-35-36-38-40-42-44-46-48-50-57(60)66-55(54-65-67(61,62)64-52-51-58(3,4)5)53-63-56(59)49-47-45-43-41-39-37-21-19-17-15-13-11-9-7-2/h8,10,13-16,19-22,24-25,27-28,30-31,33-34,36,38,55H,6-7,9,11-12,17-18,23,26,29,32,35,37,39-54H2,1-5H3/p+1/b10-8-,15-13-,16-14-,21-19-,22-20-,25-24-,28-27-,31-30-,34-33-,38-36-. The van der Waals surface area contributed by atoms with Crippen LogP contribution >= 0.6 is 7.82 Å². The zero-order valence-corrected chi connectivity index (χ0v) is 43.7. The lowest BCUT2D eigenvalue weighted by Crippen LogP contribution is -2.37. The number of quaternary nitrogens is 1. The van der Waals surface area contributed by atoms with Crippen molar-refractivity contribution in [2.24, 2.45) is 0 Å². The molecule has 0 aromatic carbocycles. The quantitative estimate of drug-likeness (QED) is 0.0211. The Bertz CT molecular complexity index is 1540. The van der Waals surface area contributed by atoms with Crippen LogP contribution in [-0.2, 0) is 32.7 Å². The fourth-order valence-electron chi connectivity index (χ4n) is 6.22. The largest absolute Gasteiger partial charge is 0.472 e. The molecule has 0 rings (SSSR count). The van der Waals surface area contributed by atoms with Gasteiger partial charge in [-0.05, 0) is 103 Å². The smallest absolute Gasteiger partial charge is 0.462 e. The predicted molar refractivity (Wildman–Crippen MR) is 284 cm³/mol. The van der Waals surface area contributed by atoms with Crippen molar-refractivity contribution in [3.63, 3.8) is 0 Å². The highest BCUT2D eigenvalue weighted by molar-refractivity contribution is 7.47. The summed E-state index contributed by atoms with van der Waals surface area (Å²) >= 11 is 0. The Morgan fingerprint density at radius 1 is 0.478 bits per heavy atom. The van der Waals surface area contributed by atoms with Crippen LogP contribution in [0.25, 0.3) is 0 Å². The first-order valence-corrected chi connectivity index (χ1v) is 27.3. The molecule has 0 saturated heterocycles. The highest BCUT2D eigenvalue weighted by atomic mass is 31.2. The van der Waals surface area contributed by atoms with Crippen LogP contribution < -0.4 is 0 Å². The van der Waals surface area contributed by atoms with Gasteiger partial charge in [0.2, 0.25) is 0 Å². The first kappa shape index (κ1) is 63.4. The van der Waals surface area contributed by atoms with Crippen LogP contribution in [0, 0.1) is 0 Å². The molecule has 0 radical (unpaired) electrons. The van der Waals surface area contributed by atoms with E-state index in [2.05, 4.69) is 135 Å². The second kappa shape index (κ2) is 47.5. The third kappa shape index (κ3) is 51.6. The summed E-state index contributed by atoms with van der Waals surface area (Å²) in [5.41, 5.74) is 0. The summed E-state index contributed by atoms with van der Waals surface area (Å²) in [4.78, 5) is 35.5. The van der Waals surface area contributed by atoms with E-state index in [1.54, 1.807) is 0 Å². The van der Waals surface area contributed by atoms with Crippen molar-refractivity contribution in [2.75, 3.05) is 47.5 Å². The van der Waals surface area contributed by atoms with E-state index in [0.29, 0.717) is 23.9 Å². The molecule has 0 aliphatic heterocycles. The average molecular weight is 953 g/mol. The molecular formula is C57H95NO8P+. The maximum absolute atomic E-state index is 12.8. The van der Waals surface area contributed by atoms with Gasteiger partial charge in [0, 0.05) is 12.8 Å². The molecule has 0 aromatic heterocycles. The number of hydrogen-bond donors (Lipinski definition) is 1. The normalized spacial score (nSPS) is 14.4. The fourth-order valence-corrected chi connectivity index (χ4v) is 6.96. The van der Waals surface area contributed by atoms with E-state index in [4.69, 9.17) is 18.5 Å². The topological polar surface area (TPSA) is 108 Å². The van der Waals surface area contributed by atoms with Crippen molar-refractivity contribution in [1.82, 2.24) is 0 Å². The van der Waals surface area contributed by atoms with E-state index >= 15 is 0 Å². The third-order valence-electron chi connectivity index (χ3n) is 10.2. The summed E-state index contributed by atoms with van der Waals surface area (Å²) in [6.07, 6.45) is 66.8. The Kier molecular flexibility index (Phi) is 44.9. The van der Waals surface area contributed by atoms with Crippen LogP contribution in [0.4, 0.5) is 0 Å². The van der Waals surface area contributed by atoms with Gasteiger partial charge in [-0.3, -0.25) is 18.6 Å². The molecule has 9 nitrogen and oxygen atoms in total. The molecule has 0 spiro atoms. The van der Waals surface area contributed by atoms with Gasteiger partial charge in [0.05, 0.1) is 27.7 Å². The number of allylic oxidation sites excluding steroid dienone is 20. The van der Waals surface area contributed by atoms with E-state index in [0.717, 1.165) is 122 Å². The van der Waals surface area contributed by atoms with Gasteiger partial charge in [0.25, 0.3) is 0 Å². The van der Waals surface area contributed by atoms with E-state index in [9.17, 15) is 19.0 Å². The number of phosphoric acid groups is 1. The van der Waals surface area contributed by atoms with Crippen LogP contribution in [0.1, 0.15) is 174 Å². The van der Waals surface area contributed by atoms with Crippen LogP contribution in [0.15, 0.2) is 122 Å². The SMILES string of the molecule is CC/C=C\C/C=C\C/C=C\C/C=C\C/C=C\C/C=C\C/C=C\C/C=C\CCCCCCC(=O)OC(COC(=O)CCCCCCC/C=C\C/C=C\CCCC)COP(=O)(O)OCC[N+](C)(C)C. The summed E-state index contributed by atoms with van der Waals surface area (Å²) < 4.78 is 34.4. The van der Waals surface area contributed by atoms with Crippen molar-refractivity contribution in [3.8, 4) is 0 Å². The summed E-state index contributed by atoms with van der Waals surface area (Å²) in [5, 5.41) is 0. The summed E-state index contributed by atoms with van der Waals surface area (Å²) in [6.45, 7) is 4.20. The molecule has 0 aliphatic carbocycles. The number of ether oxygens (including phenoxy) is 2. The van der Waals surface area contributed by atoms with Gasteiger partial charge >= 0.3 is 19.8 Å². The fraction of sp³-hybridized carbons (Fsp3) is 0.614. The molecule has 0 amide bonds. The minimum Gasteiger partial charge on any atom is -0.462 e. The lowest BCUT2D eigenvalue weighted by Gasteiger charge is -2.24. The third-order valence-corrected chi connectivity index (χ3v) is 11.2. The molecule has 2 unspecified atom stereocenters. The first-order valence-electron chi connectivity index (χ1n) is 25.8. The second-order valence-electron chi connectivity index (χ2n) is 17.8. The second-order valence-corrected chi connectivity index (χ2v) is 19.3. The summed E-state index contributed by atoms with van der Waals surface area (Å²) in [6, 6.07) is 0. The lowest BCUT2D eigenvalue weighted by molar-refractivity contribution is -0.870. The maximum Gasteiger partial charge on any atom is 0.472 e. The van der Waals surface area contributed by atoms with Gasteiger partial charge < -0.3 is 18.9 Å². The first-order chi connectivity index (χ1) is 32.5. The number of hydrogen-bond acceptors (Lipinski definition) is 7. The van der Waals surface area contributed by atoms with E-state index in [1.165, 1.54) is 12.8 Å². The average Bonchev–Trinajstić information content (AvgIpc) is 3.29. The van der Waals surface area contributed by atoms with E-state index < -0.39 is 32.5 Å². The number of phosphoric ester groups is 1. The molecule has 0 saturated carbocycles. The van der Waals surface area contributed by atoms with Gasteiger partial charge in [0.15, 0.2) is 6.10 Å². The van der Waals surface area contributed by atoms with E-state index in [-0.39, 0.29) is 26.1 Å². The van der Waals surface area contributed by atoms with Crippen molar-refractivity contribution in [2.45, 2.75) is 180 Å². The highest BCUT2D eigenvalue weighted by Crippen LogP contribution is 2.43. The van der Waals surface area contributed by atoms with Gasteiger partial charge in [-0.15, -0.1) is 0 Å². The Balaban J connectivity index is 4.33. The number of esters is 2. The minimum atomic E-state index is -4.40. The molecular weight excluding hydrogens is 858 g/mol. The Morgan fingerprint density at radius 3 is 1.27 bits per heavy atom. The minimum absolute atomic E-state index is 0.0166. The monoisotopic (exact) mass is 953 g/mol.